The third kappa shape index (κ3) is 2.50. The van der Waals surface area contributed by atoms with E-state index < -0.39 is 0 Å². The first kappa shape index (κ1) is 11.7. The third-order valence-corrected chi connectivity index (χ3v) is 2.50. The van der Waals surface area contributed by atoms with Gasteiger partial charge in [-0.1, -0.05) is 12.1 Å². The highest BCUT2D eigenvalue weighted by molar-refractivity contribution is 5.54. The Morgan fingerprint density at radius 3 is 2.82 bits per heavy atom. The Morgan fingerprint density at radius 2 is 2.18 bits per heavy atom. The van der Waals surface area contributed by atoms with E-state index in [1.807, 2.05) is 13.8 Å². The topological polar surface area (TPSA) is 64.9 Å². The molecule has 0 amide bonds. The largest absolute Gasteiger partial charge is 0.334 e. The van der Waals surface area contributed by atoms with Crippen molar-refractivity contribution in [3.05, 3.63) is 35.4 Å². The van der Waals surface area contributed by atoms with Crippen molar-refractivity contribution in [2.24, 2.45) is 5.73 Å². The molecule has 2 aromatic rings. The molecule has 0 spiro atoms. The molecule has 1 aromatic carbocycles. The lowest BCUT2D eigenvalue weighted by molar-refractivity contribution is 0.415. The SMILES string of the molecule is CCC(N)c1noc(-c2cc(C)cc(F)c2)n1. The minimum Gasteiger partial charge on any atom is -0.334 e. The summed E-state index contributed by atoms with van der Waals surface area (Å²) < 4.78 is 18.3. The van der Waals surface area contributed by atoms with E-state index in [1.165, 1.54) is 12.1 Å². The maximum Gasteiger partial charge on any atom is 0.258 e. The lowest BCUT2D eigenvalue weighted by atomic mass is 10.1. The van der Waals surface area contributed by atoms with Crippen LogP contribution in [0.1, 0.15) is 30.8 Å². The van der Waals surface area contributed by atoms with Gasteiger partial charge in [0.15, 0.2) is 5.82 Å². The van der Waals surface area contributed by atoms with Gasteiger partial charge in [0, 0.05) is 5.56 Å². The second-order valence-corrected chi connectivity index (χ2v) is 3.99. The molecule has 0 fully saturated rings. The Labute approximate surface area is 98.6 Å². The molecule has 1 heterocycles. The summed E-state index contributed by atoms with van der Waals surface area (Å²) in [5, 5.41) is 3.79. The fourth-order valence-corrected chi connectivity index (χ4v) is 1.55. The van der Waals surface area contributed by atoms with E-state index in [0.717, 1.165) is 12.0 Å². The second-order valence-electron chi connectivity index (χ2n) is 3.99. The highest BCUT2D eigenvalue weighted by Gasteiger charge is 2.14. The van der Waals surface area contributed by atoms with Crippen LogP contribution in [0, 0.1) is 12.7 Å². The zero-order valence-corrected chi connectivity index (χ0v) is 9.77. The average molecular weight is 235 g/mol. The molecule has 0 radical (unpaired) electrons. The number of aromatic nitrogens is 2. The van der Waals surface area contributed by atoms with Gasteiger partial charge in [-0.05, 0) is 37.1 Å². The zero-order chi connectivity index (χ0) is 12.4. The van der Waals surface area contributed by atoms with Crippen LogP contribution in [0.2, 0.25) is 0 Å². The van der Waals surface area contributed by atoms with Gasteiger partial charge in [0.2, 0.25) is 0 Å². The molecule has 90 valence electrons. The highest BCUT2D eigenvalue weighted by Crippen LogP contribution is 2.21. The third-order valence-electron chi connectivity index (χ3n) is 2.50. The summed E-state index contributed by atoms with van der Waals surface area (Å²) >= 11 is 0. The Bertz CT molecular complexity index is 504. The molecular formula is C12H14FN3O. The van der Waals surface area contributed by atoms with E-state index in [9.17, 15) is 4.39 Å². The normalized spacial score (nSPS) is 12.7. The van der Waals surface area contributed by atoms with Gasteiger partial charge in [0.25, 0.3) is 5.89 Å². The van der Waals surface area contributed by atoms with Crippen LogP contribution in [0.4, 0.5) is 4.39 Å². The van der Waals surface area contributed by atoms with E-state index >= 15 is 0 Å². The van der Waals surface area contributed by atoms with Crippen molar-refractivity contribution in [3.63, 3.8) is 0 Å². The maximum atomic E-state index is 13.2. The number of benzene rings is 1. The Morgan fingerprint density at radius 1 is 1.41 bits per heavy atom. The van der Waals surface area contributed by atoms with Crippen LogP contribution >= 0.6 is 0 Å². The molecule has 5 heteroatoms. The Kier molecular flexibility index (Phi) is 3.19. The van der Waals surface area contributed by atoms with Crippen molar-refractivity contribution >= 4 is 0 Å². The molecule has 0 saturated carbocycles. The van der Waals surface area contributed by atoms with Gasteiger partial charge in [-0.3, -0.25) is 0 Å². The lowest BCUT2D eigenvalue weighted by Gasteiger charge is -2.00. The van der Waals surface area contributed by atoms with Crippen LogP contribution in [0.25, 0.3) is 11.5 Å². The van der Waals surface area contributed by atoms with E-state index in [2.05, 4.69) is 10.1 Å². The molecular weight excluding hydrogens is 221 g/mol. The molecule has 0 saturated heterocycles. The van der Waals surface area contributed by atoms with Crippen molar-refractivity contribution in [3.8, 4) is 11.5 Å². The molecule has 1 atom stereocenters. The molecule has 0 aliphatic heterocycles. The monoisotopic (exact) mass is 235 g/mol. The predicted molar refractivity (Wildman–Crippen MR) is 61.6 cm³/mol. The number of nitrogens with zero attached hydrogens (tertiary/aromatic N) is 2. The fraction of sp³-hybridized carbons (Fsp3) is 0.333. The smallest absolute Gasteiger partial charge is 0.258 e. The first-order valence-corrected chi connectivity index (χ1v) is 5.47. The van der Waals surface area contributed by atoms with Gasteiger partial charge in [-0.15, -0.1) is 0 Å². The van der Waals surface area contributed by atoms with Gasteiger partial charge >= 0.3 is 0 Å². The summed E-state index contributed by atoms with van der Waals surface area (Å²) in [5.74, 6) is 0.426. The number of hydrogen-bond donors (Lipinski definition) is 1. The summed E-state index contributed by atoms with van der Waals surface area (Å²) in [6.07, 6.45) is 0.723. The van der Waals surface area contributed by atoms with Gasteiger partial charge in [0.1, 0.15) is 5.82 Å². The molecule has 2 N–H and O–H groups in total. The Hall–Kier alpha value is -1.75. The summed E-state index contributed by atoms with van der Waals surface area (Å²) in [7, 11) is 0. The maximum absolute atomic E-state index is 13.2. The number of halogens is 1. The molecule has 2 rings (SSSR count). The fourth-order valence-electron chi connectivity index (χ4n) is 1.55. The molecule has 0 aliphatic carbocycles. The van der Waals surface area contributed by atoms with Crippen molar-refractivity contribution in [1.29, 1.82) is 0 Å². The van der Waals surface area contributed by atoms with Crippen molar-refractivity contribution < 1.29 is 8.91 Å². The minimum atomic E-state index is -0.320. The predicted octanol–water partition coefficient (Wildman–Crippen LogP) is 2.59. The average Bonchev–Trinajstić information content (AvgIpc) is 2.76. The summed E-state index contributed by atoms with van der Waals surface area (Å²) in [4.78, 5) is 4.16. The van der Waals surface area contributed by atoms with Gasteiger partial charge in [-0.25, -0.2) is 4.39 Å². The molecule has 1 aromatic heterocycles. The van der Waals surface area contributed by atoms with Crippen molar-refractivity contribution in [2.45, 2.75) is 26.3 Å². The molecule has 4 nitrogen and oxygen atoms in total. The summed E-state index contributed by atoms with van der Waals surface area (Å²) in [5.41, 5.74) is 7.17. The first-order valence-electron chi connectivity index (χ1n) is 5.47. The Balaban J connectivity index is 2.36. The number of aryl methyl sites for hydroxylation is 1. The molecule has 17 heavy (non-hydrogen) atoms. The van der Waals surface area contributed by atoms with Crippen LogP contribution in [0.5, 0.6) is 0 Å². The van der Waals surface area contributed by atoms with E-state index in [1.54, 1.807) is 6.07 Å². The van der Waals surface area contributed by atoms with Crippen LogP contribution < -0.4 is 5.73 Å². The lowest BCUT2D eigenvalue weighted by Crippen LogP contribution is -2.10. The quantitative estimate of drug-likeness (QED) is 0.888. The number of rotatable bonds is 3. The first-order chi connectivity index (χ1) is 8.10. The van der Waals surface area contributed by atoms with Crippen LogP contribution in [-0.2, 0) is 0 Å². The van der Waals surface area contributed by atoms with Gasteiger partial charge < -0.3 is 10.3 Å². The summed E-state index contributed by atoms with van der Waals surface area (Å²) in [6.45, 7) is 3.74. The van der Waals surface area contributed by atoms with Crippen LogP contribution in [0.15, 0.2) is 22.7 Å². The second kappa shape index (κ2) is 4.63. The number of nitrogens with two attached hydrogens (primary N) is 1. The van der Waals surface area contributed by atoms with Gasteiger partial charge in [0.05, 0.1) is 6.04 Å². The van der Waals surface area contributed by atoms with Crippen LogP contribution in [-0.4, -0.2) is 10.1 Å². The minimum absolute atomic E-state index is 0.248. The molecule has 0 bridgehead atoms. The van der Waals surface area contributed by atoms with E-state index in [4.69, 9.17) is 10.3 Å². The molecule has 0 aliphatic rings. The van der Waals surface area contributed by atoms with Crippen molar-refractivity contribution in [1.82, 2.24) is 10.1 Å². The standard InChI is InChI=1S/C12H14FN3O/c1-3-10(14)11-15-12(17-16-11)8-4-7(2)5-9(13)6-8/h4-6,10H,3,14H2,1-2H3. The molecule has 1 unspecified atom stereocenters. The van der Waals surface area contributed by atoms with Crippen LogP contribution in [0.3, 0.4) is 0 Å². The van der Waals surface area contributed by atoms with Crippen molar-refractivity contribution in [2.75, 3.05) is 0 Å². The highest BCUT2D eigenvalue weighted by atomic mass is 19.1. The number of hydrogen-bond acceptors (Lipinski definition) is 4. The zero-order valence-electron chi connectivity index (χ0n) is 9.77. The summed E-state index contributed by atoms with van der Waals surface area (Å²) in [6, 6.07) is 4.35. The van der Waals surface area contributed by atoms with E-state index in [0.29, 0.717) is 17.3 Å². The van der Waals surface area contributed by atoms with E-state index in [-0.39, 0.29) is 11.9 Å². The van der Waals surface area contributed by atoms with Gasteiger partial charge in [-0.2, -0.15) is 4.98 Å².